The largest absolute Gasteiger partial charge is 0.355 e. The standard InChI is InChI=1S/C10H15N3.2C7H8O3S/c11-10-5-1-2-7-13(10)9-4-3-6-12-8-9;2*1-6-2-4-7(5-3-6)11(8,9)10/h3-4,6,8,10H,1-2,5,7,11H2;2*2-5H,1H3,(H,8,9,10). The Bertz CT molecular complexity index is 1190. The predicted molar refractivity (Wildman–Crippen MR) is 135 cm³/mol. The van der Waals surface area contributed by atoms with Crippen LogP contribution in [0.1, 0.15) is 30.4 Å². The smallest absolute Gasteiger partial charge is 0.294 e. The van der Waals surface area contributed by atoms with Crippen molar-refractivity contribution in [1.29, 1.82) is 0 Å². The summed E-state index contributed by atoms with van der Waals surface area (Å²) in [6, 6.07) is 16.0. The van der Waals surface area contributed by atoms with Gasteiger partial charge in [-0.2, -0.15) is 16.8 Å². The van der Waals surface area contributed by atoms with Gasteiger partial charge < -0.3 is 10.6 Å². The Kier molecular flexibility index (Phi) is 10.3. The summed E-state index contributed by atoms with van der Waals surface area (Å²) < 4.78 is 59.1. The van der Waals surface area contributed by atoms with Crippen molar-refractivity contribution in [1.82, 2.24) is 4.98 Å². The van der Waals surface area contributed by atoms with Crippen molar-refractivity contribution < 1.29 is 25.9 Å². The lowest BCUT2D eigenvalue weighted by Crippen LogP contribution is -2.45. The highest BCUT2D eigenvalue weighted by molar-refractivity contribution is 7.86. The molecule has 3 aromatic rings. The number of pyridine rings is 1. The van der Waals surface area contributed by atoms with E-state index in [0.717, 1.165) is 29.8 Å². The summed E-state index contributed by atoms with van der Waals surface area (Å²) in [7, 11) is -8.04. The Balaban J connectivity index is 0.000000186. The monoisotopic (exact) mass is 521 g/mol. The number of nitrogens with zero attached hydrogens (tertiary/aromatic N) is 2. The van der Waals surface area contributed by atoms with E-state index in [1.807, 2.05) is 26.1 Å². The molecular weight excluding hydrogens is 490 g/mol. The summed E-state index contributed by atoms with van der Waals surface area (Å²) in [5.41, 5.74) is 9.07. The highest BCUT2D eigenvalue weighted by Crippen LogP contribution is 2.20. The van der Waals surface area contributed by atoms with Crippen molar-refractivity contribution in [3.05, 3.63) is 84.2 Å². The van der Waals surface area contributed by atoms with Crippen LogP contribution in [0.25, 0.3) is 0 Å². The summed E-state index contributed by atoms with van der Waals surface area (Å²) in [6.07, 6.45) is 7.43. The fourth-order valence-electron chi connectivity index (χ4n) is 3.22. The number of aromatic nitrogens is 1. The molecule has 2 heterocycles. The number of anilines is 1. The number of nitrogens with two attached hydrogens (primary N) is 1. The highest BCUT2D eigenvalue weighted by atomic mass is 32.2. The highest BCUT2D eigenvalue weighted by Gasteiger charge is 2.18. The first-order valence-corrected chi connectivity index (χ1v) is 13.8. The Morgan fingerprint density at radius 3 is 1.69 bits per heavy atom. The van der Waals surface area contributed by atoms with E-state index in [1.165, 1.54) is 37.1 Å². The quantitative estimate of drug-likeness (QED) is 0.437. The molecule has 0 bridgehead atoms. The zero-order chi connectivity index (χ0) is 26.1. The van der Waals surface area contributed by atoms with Crippen molar-refractivity contribution in [2.45, 2.75) is 49.1 Å². The molecule has 2 aromatic carbocycles. The molecule has 1 fully saturated rings. The van der Waals surface area contributed by atoms with Gasteiger partial charge in [0.1, 0.15) is 0 Å². The second-order valence-electron chi connectivity index (χ2n) is 8.04. The number of aryl methyl sites for hydroxylation is 2. The van der Waals surface area contributed by atoms with Gasteiger partial charge in [-0.25, -0.2) is 0 Å². The number of benzene rings is 2. The molecule has 9 nitrogen and oxygen atoms in total. The minimum absolute atomic E-state index is 0.0666. The molecule has 190 valence electrons. The maximum Gasteiger partial charge on any atom is 0.294 e. The van der Waals surface area contributed by atoms with Crippen molar-refractivity contribution >= 4 is 25.9 Å². The Morgan fingerprint density at radius 2 is 1.31 bits per heavy atom. The fourth-order valence-corrected chi connectivity index (χ4v) is 4.18. The first-order chi connectivity index (χ1) is 16.4. The van der Waals surface area contributed by atoms with E-state index in [9.17, 15) is 16.8 Å². The summed E-state index contributed by atoms with van der Waals surface area (Å²) in [5, 5.41) is 0. The molecule has 4 N–H and O–H groups in total. The molecule has 0 aliphatic carbocycles. The van der Waals surface area contributed by atoms with Gasteiger partial charge in [0, 0.05) is 12.7 Å². The number of rotatable bonds is 3. The van der Waals surface area contributed by atoms with Gasteiger partial charge >= 0.3 is 0 Å². The molecule has 4 rings (SSSR count). The van der Waals surface area contributed by atoms with Gasteiger partial charge in [0.2, 0.25) is 0 Å². The van der Waals surface area contributed by atoms with Crippen LogP contribution in [0, 0.1) is 13.8 Å². The summed E-state index contributed by atoms with van der Waals surface area (Å²) in [6.45, 7) is 4.74. The van der Waals surface area contributed by atoms with Gasteiger partial charge in [0.15, 0.2) is 0 Å². The van der Waals surface area contributed by atoms with Gasteiger partial charge in [0.25, 0.3) is 20.2 Å². The minimum Gasteiger partial charge on any atom is -0.355 e. The SMILES string of the molecule is Cc1ccc(S(=O)(=O)O)cc1.Cc1ccc(S(=O)(=O)O)cc1.NC1CCCCN1c1cccnc1. The minimum atomic E-state index is -4.02. The molecule has 1 unspecified atom stereocenters. The van der Waals surface area contributed by atoms with Crippen LogP contribution >= 0.6 is 0 Å². The molecule has 11 heteroatoms. The molecule has 1 aliphatic rings. The molecule has 1 atom stereocenters. The maximum atomic E-state index is 10.5. The molecule has 35 heavy (non-hydrogen) atoms. The second kappa shape index (κ2) is 12.8. The molecule has 0 radical (unpaired) electrons. The molecular formula is C24H31N3O6S2. The van der Waals surface area contributed by atoms with Gasteiger partial charge in [-0.1, -0.05) is 35.4 Å². The average molecular weight is 522 g/mol. The Labute approximate surface area is 207 Å². The van der Waals surface area contributed by atoms with Crippen molar-refractivity contribution in [2.75, 3.05) is 11.4 Å². The van der Waals surface area contributed by atoms with E-state index in [1.54, 1.807) is 30.5 Å². The van der Waals surface area contributed by atoms with Gasteiger partial charge in [-0.15, -0.1) is 0 Å². The van der Waals surface area contributed by atoms with Crippen LogP contribution in [0.15, 0.2) is 82.8 Å². The van der Waals surface area contributed by atoms with E-state index in [4.69, 9.17) is 14.8 Å². The van der Waals surface area contributed by atoms with E-state index in [2.05, 4.69) is 16.0 Å². The third kappa shape index (κ3) is 9.74. The number of piperidine rings is 1. The topological polar surface area (TPSA) is 151 Å². The van der Waals surface area contributed by atoms with E-state index in [0.29, 0.717) is 0 Å². The van der Waals surface area contributed by atoms with Crippen LogP contribution in [0.3, 0.4) is 0 Å². The van der Waals surface area contributed by atoms with Crippen LogP contribution in [0.4, 0.5) is 5.69 Å². The average Bonchev–Trinajstić information content (AvgIpc) is 2.80. The molecule has 0 saturated carbocycles. The lowest BCUT2D eigenvalue weighted by atomic mass is 10.1. The van der Waals surface area contributed by atoms with E-state index >= 15 is 0 Å². The molecule has 0 amide bonds. The summed E-state index contributed by atoms with van der Waals surface area (Å²) in [5.74, 6) is 0. The van der Waals surface area contributed by atoms with E-state index < -0.39 is 20.2 Å². The van der Waals surface area contributed by atoms with Crippen molar-refractivity contribution in [2.24, 2.45) is 5.73 Å². The molecule has 1 aromatic heterocycles. The van der Waals surface area contributed by atoms with Crippen LogP contribution in [-0.2, 0) is 20.2 Å². The van der Waals surface area contributed by atoms with Gasteiger partial charge in [-0.05, 0) is 69.5 Å². The normalized spacial score (nSPS) is 15.8. The lowest BCUT2D eigenvalue weighted by Gasteiger charge is -2.34. The number of hydrogen-bond acceptors (Lipinski definition) is 7. The van der Waals surface area contributed by atoms with Crippen LogP contribution in [-0.4, -0.2) is 43.6 Å². The second-order valence-corrected chi connectivity index (χ2v) is 10.9. The zero-order valence-corrected chi connectivity index (χ0v) is 21.3. The van der Waals surface area contributed by atoms with Crippen molar-refractivity contribution in [3.63, 3.8) is 0 Å². The molecule has 0 spiro atoms. The van der Waals surface area contributed by atoms with Gasteiger partial charge in [0.05, 0.1) is 27.8 Å². The van der Waals surface area contributed by atoms with Crippen molar-refractivity contribution in [3.8, 4) is 0 Å². The van der Waals surface area contributed by atoms with Crippen LogP contribution in [0.5, 0.6) is 0 Å². The predicted octanol–water partition coefficient (Wildman–Crippen LogP) is 3.84. The molecule has 1 saturated heterocycles. The summed E-state index contributed by atoms with van der Waals surface area (Å²) in [4.78, 5) is 6.20. The van der Waals surface area contributed by atoms with Crippen LogP contribution < -0.4 is 10.6 Å². The third-order valence-electron chi connectivity index (χ3n) is 5.16. The molecule has 1 aliphatic heterocycles. The van der Waals surface area contributed by atoms with Gasteiger partial charge in [-0.3, -0.25) is 14.1 Å². The summed E-state index contributed by atoms with van der Waals surface area (Å²) >= 11 is 0. The van der Waals surface area contributed by atoms with Crippen LogP contribution in [0.2, 0.25) is 0 Å². The maximum absolute atomic E-state index is 10.5. The first-order valence-electron chi connectivity index (χ1n) is 10.9. The Morgan fingerprint density at radius 1 is 0.829 bits per heavy atom. The Hall–Kier alpha value is -2.83. The number of hydrogen-bond donors (Lipinski definition) is 3. The fraction of sp³-hybridized carbons (Fsp3) is 0.292. The lowest BCUT2D eigenvalue weighted by molar-refractivity contribution is 0.470. The zero-order valence-electron chi connectivity index (χ0n) is 19.6. The third-order valence-corrected chi connectivity index (χ3v) is 6.90. The first kappa shape index (κ1) is 28.4. The van der Waals surface area contributed by atoms with E-state index in [-0.39, 0.29) is 16.0 Å².